The summed E-state index contributed by atoms with van der Waals surface area (Å²) < 4.78 is 0. The first-order valence-electron chi connectivity index (χ1n) is 7.73. The first kappa shape index (κ1) is 15.2. The summed E-state index contributed by atoms with van der Waals surface area (Å²) in [6.45, 7) is 9.37. The van der Waals surface area contributed by atoms with Crippen LogP contribution in [0.2, 0.25) is 0 Å². The number of aromatic nitrogens is 2. The molecule has 1 aliphatic heterocycles. The van der Waals surface area contributed by atoms with Crippen LogP contribution >= 0.6 is 0 Å². The van der Waals surface area contributed by atoms with E-state index < -0.39 is 0 Å². The highest BCUT2D eigenvalue weighted by atomic mass is 15.3. The van der Waals surface area contributed by atoms with Crippen molar-refractivity contribution >= 4 is 5.82 Å². The maximum absolute atomic E-state index is 5.73. The predicted octanol–water partition coefficient (Wildman–Crippen LogP) is 1.42. The molecule has 0 amide bonds. The fourth-order valence-electron chi connectivity index (χ4n) is 2.99. The quantitative estimate of drug-likeness (QED) is 0.882. The van der Waals surface area contributed by atoms with Crippen LogP contribution in [0.25, 0.3) is 0 Å². The highest BCUT2D eigenvalue weighted by Crippen LogP contribution is 2.16. The predicted molar refractivity (Wildman–Crippen MR) is 82.9 cm³/mol. The first-order chi connectivity index (χ1) is 9.74. The van der Waals surface area contributed by atoms with E-state index in [0.29, 0.717) is 6.04 Å². The van der Waals surface area contributed by atoms with Gasteiger partial charge < -0.3 is 10.6 Å². The lowest BCUT2D eigenvalue weighted by atomic mass is 10.1. The molecule has 5 heteroatoms. The van der Waals surface area contributed by atoms with Gasteiger partial charge in [-0.05, 0) is 38.8 Å². The van der Waals surface area contributed by atoms with Crippen molar-refractivity contribution in [2.75, 3.05) is 37.6 Å². The number of nitrogens with zero attached hydrogens (tertiary/aromatic N) is 4. The zero-order valence-electron chi connectivity index (χ0n) is 12.8. The lowest BCUT2D eigenvalue weighted by molar-refractivity contribution is 0.196. The highest BCUT2D eigenvalue weighted by molar-refractivity contribution is 5.37. The van der Waals surface area contributed by atoms with E-state index in [1.165, 1.54) is 19.4 Å². The van der Waals surface area contributed by atoms with Crippen LogP contribution in [0.5, 0.6) is 0 Å². The Kier molecular flexibility index (Phi) is 5.73. The summed E-state index contributed by atoms with van der Waals surface area (Å²) in [5.41, 5.74) is 5.73. The van der Waals surface area contributed by atoms with Crippen LogP contribution in [-0.2, 0) is 0 Å². The van der Waals surface area contributed by atoms with Crippen molar-refractivity contribution in [3.63, 3.8) is 0 Å². The lowest BCUT2D eigenvalue weighted by Crippen LogP contribution is -2.39. The van der Waals surface area contributed by atoms with E-state index in [1.54, 1.807) is 0 Å². The van der Waals surface area contributed by atoms with Gasteiger partial charge in [0, 0.05) is 38.4 Å². The summed E-state index contributed by atoms with van der Waals surface area (Å²) >= 11 is 0. The maximum Gasteiger partial charge on any atom is 0.132 e. The van der Waals surface area contributed by atoms with Crippen LogP contribution in [0.1, 0.15) is 32.0 Å². The second-order valence-electron chi connectivity index (χ2n) is 5.48. The summed E-state index contributed by atoms with van der Waals surface area (Å²) in [6, 6.07) is 2.65. The molecule has 1 unspecified atom stereocenters. The molecule has 1 saturated heterocycles. The monoisotopic (exact) mass is 277 g/mol. The number of nitrogens with two attached hydrogens (primary N) is 1. The molecule has 2 heterocycles. The summed E-state index contributed by atoms with van der Waals surface area (Å²) in [4.78, 5) is 13.7. The van der Waals surface area contributed by atoms with Gasteiger partial charge in [-0.2, -0.15) is 0 Å². The third-order valence-corrected chi connectivity index (χ3v) is 4.10. The molecule has 112 valence electrons. The van der Waals surface area contributed by atoms with E-state index in [-0.39, 0.29) is 0 Å². The number of rotatable bonds is 5. The summed E-state index contributed by atoms with van der Waals surface area (Å²) in [5, 5.41) is 0. The Morgan fingerprint density at radius 3 is 2.85 bits per heavy atom. The Morgan fingerprint density at radius 2 is 2.15 bits per heavy atom. The molecule has 0 bridgehead atoms. The number of hydrogen-bond donors (Lipinski definition) is 1. The topological polar surface area (TPSA) is 58.3 Å². The average molecular weight is 277 g/mol. The van der Waals surface area contributed by atoms with Gasteiger partial charge in [0.05, 0.1) is 0 Å². The van der Waals surface area contributed by atoms with Crippen LogP contribution < -0.4 is 10.6 Å². The van der Waals surface area contributed by atoms with Gasteiger partial charge in [0.2, 0.25) is 0 Å². The van der Waals surface area contributed by atoms with Gasteiger partial charge in [-0.1, -0.05) is 6.92 Å². The van der Waals surface area contributed by atoms with E-state index in [9.17, 15) is 0 Å². The van der Waals surface area contributed by atoms with Crippen molar-refractivity contribution in [1.29, 1.82) is 0 Å². The molecule has 0 aliphatic carbocycles. The SMILES string of the molecule is CCC(CCN)N1CCCN(c2ccnc(C)n2)CC1. The van der Waals surface area contributed by atoms with Crippen molar-refractivity contribution in [2.24, 2.45) is 5.73 Å². The fourth-order valence-corrected chi connectivity index (χ4v) is 2.99. The minimum absolute atomic E-state index is 0.632. The summed E-state index contributed by atoms with van der Waals surface area (Å²) in [7, 11) is 0. The molecule has 0 radical (unpaired) electrons. The molecule has 2 N–H and O–H groups in total. The van der Waals surface area contributed by atoms with Crippen LogP contribution in [0, 0.1) is 6.92 Å². The standard InChI is InChI=1S/C15H27N5/c1-3-14(5-7-16)19-9-4-10-20(12-11-19)15-6-8-17-13(2)18-15/h6,8,14H,3-5,7,9-12,16H2,1-2H3. The van der Waals surface area contributed by atoms with E-state index in [2.05, 4.69) is 26.7 Å². The molecule has 20 heavy (non-hydrogen) atoms. The molecule has 2 rings (SSSR count). The number of aryl methyl sites for hydroxylation is 1. The van der Waals surface area contributed by atoms with Crippen LogP contribution in [0.4, 0.5) is 5.82 Å². The molecule has 1 fully saturated rings. The minimum atomic E-state index is 0.632. The van der Waals surface area contributed by atoms with Crippen molar-refractivity contribution in [3.8, 4) is 0 Å². The third-order valence-electron chi connectivity index (χ3n) is 4.10. The Labute approximate surface area is 122 Å². The van der Waals surface area contributed by atoms with Crippen molar-refractivity contribution < 1.29 is 0 Å². The minimum Gasteiger partial charge on any atom is -0.355 e. The maximum atomic E-state index is 5.73. The van der Waals surface area contributed by atoms with Gasteiger partial charge in [0.25, 0.3) is 0 Å². The van der Waals surface area contributed by atoms with E-state index in [4.69, 9.17) is 5.73 Å². The van der Waals surface area contributed by atoms with Gasteiger partial charge in [-0.15, -0.1) is 0 Å². The van der Waals surface area contributed by atoms with Crippen LogP contribution in [-0.4, -0.2) is 53.6 Å². The van der Waals surface area contributed by atoms with Gasteiger partial charge >= 0.3 is 0 Å². The van der Waals surface area contributed by atoms with E-state index >= 15 is 0 Å². The molecular formula is C15H27N5. The van der Waals surface area contributed by atoms with Gasteiger partial charge in [-0.3, -0.25) is 4.90 Å². The average Bonchev–Trinajstić information content (AvgIpc) is 2.70. The Balaban J connectivity index is 1.98. The number of anilines is 1. The summed E-state index contributed by atoms with van der Waals surface area (Å²) in [6.07, 6.45) is 5.32. The molecule has 0 aromatic carbocycles. The van der Waals surface area contributed by atoms with Gasteiger partial charge in [0.1, 0.15) is 11.6 Å². The lowest BCUT2D eigenvalue weighted by Gasteiger charge is -2.29. The normalized spacial score (nSPS) is 18.9. The summed E-state index contributed by atoms with van der Waals surface area (Å²) in [5.74, 6) is 1.91. The van der Waals surface area contributed by atoms with Crippen LogP contribution in [0.3, 0.4) is 0 Å². The van der Waals surface area contributed by atoms with E-state index in [0.717, 1.165) is 44.2 Å². The zero-order chi connectivity index (χ0) is 14.4. The number of hydrogen-bond acceptors (Lipinski definition) is 5. The Bertz CT molecular complexity index is 409. The van der Waals surface area contributed by atoms with E-state index in [1.807, 2.05) is 19.2 Å². The smallest absolute Gasteiger partial charge is 0.132 e. The van der Waals surface area contributed by atoms with Gasteiger partial charge in [0.15, 0.2) is 0 Å². The molecular weight excluding hydrogens is 250 g/mol. The first-order valence-corrected chi connectivity index (χ1v) is 7.73. The van der Waals surface area contributed by atoms with Crippen molar-refractivity contribution in [3.05, 3.63) is 18.1 Å². The van der Waals surface area contributed by atoms with Crippen molar-refractivity contribution in [2.45, 2.75) is 39.2 Å². The molecule has 5 nitrogen and oxygen atoms in total. The van der Waals surface area contributed by atoms with Gasteiger partial charge in [-0.25, -0.2) is 9.97 Å². The second kappa shape index (κ2) is 7.55. The second-order valence-corrected chi connectivity index (χ2v) is 5.48. The zero-order valence-corrected chi connectivity index (χ0v) is 12.8. The van der Waals surface area contributed by atoms with Crippen molar-refractivity contribution in [1.82, 2.24) is 14.9 Å². The molecule has 1 aliphatic rings. The largest absolute Gasteiger partial charge is 0.355 e. The third kappa shape index (κ3) is 3.90. The molecule has 1 aromatic heterocycles. The Hall–Kier alpha value is -1.20. The highest BCUT2D eigenvalue weighted by Gasteiger charge is 2.21. The van der Waals surface area contributed by atoms with Crippen LogP contribution in [0.15, 0.2) is 12.3 Å². The fraction of sp³-hybridized carbons (Fsp3) is 0.733. The molecule has 1 atom stereocenters. The molecule has 0 saturated carbocycles. The molecule has 1 aromatic rings. The Morgan fingerprint density at radius 1 is 1.30 bits per heavy atom. The molecule has 0 spiro atoms.